The summed E-state index contributed by atoms with van der Waals surface area (Å²) in [5, 5.41) is 3.61. The molecular formula is C12H26N2. The maximum absolute atomic E-state index is 3.61. The van der Waals surface area contributed by atoms with Crippen LogP contribution in [0.25, 0.3) is 0 Å². The zero-order valence-electron chi connectivity index (χ0n) is 10.2. The Morgan fingerprint density at radius 3 is 2.43 bits per heavy atom. The minimum Gasteiger partial charge on any atom is -0.313 e. The Bertz CT molecular complexity index is 152. The van der Waals surface area contributed by atoms with Crippen molar-refractivity contribution in [2.75, 3.05) is 26.7 Å². The summed E-state index contributed by atoms with van der Waals surface area (Å²) in [4.78, 5) is 2.41. The minimum absolute atomic E-state index is 0.738. The first-order chi connectivity index (χ1) is 6.59. The van der Waals surface area contributed by atoms with E-state index < -0.39 is 0 Å². The maximum Gasteiger partial charge on any atom is 0.0104 e. The highest BCUT2D eigenvalue weighted by Gasteiger charge is 2.27. The average Bonchev–Trinajstić information content (AvgIpc) is 2.84. The third-order valence-corrected chi connectivity index (χ3v) is 2.97. The normalized spacial score (nSPS) is 19.3. The van der Waals surface area contributed by atoms with Crippen LogP contribution in [0.4, 0.5) is 0 Å². The van der Waals surface area contributed by atoms with Crippen LogP contribution in [0.15, 0.2) is 0 Å². The molecule has 1 aliphatic rings. The molecule has 2 heteroatoms. The van der Waals surface area contributed by atoms with E-state index in [9.17, 15) is 0 Å². The third-order valence-electron chi connectivity index (χ3n) is 2.97. The number of hydrogen-bond donors (Lipinski definition) is 1. The second kappa shape index (κ2) is 5.72. The van der Waals surface area contributed by atoms with Gasteiger partial charge in [0.2, 0.25) is 0 Å². The Balaban J connectivity index is 1.96. The third kappa shape index (κ3) is 4.97. The highest BCUT2D eigenvalue weighted by Crippen LogP contribution is 2.32. The number of hydrogen-bond acceptors (Lipinski definition) is 2. The molecule has 14 heavy (non-hydrogen) atoms. The summed E-state index contributed by atoms with van der Waals surface area (Å²) in [6, 6.07) is 0.738. The number of nitrogens with one attached hydrogen (secondary N) is 1. The molecule has 1 saturated carbocycles. The lowest BCUT2D eigenvalue weighted by Crippen LogP contribution is -2.36. The van der Waals surface area contributed by atoms with Crippen molar-refractivity contribution < 1.29 is 0 Å². The standard InChI is InChI=1S/C12H26N2/c1-10(2)9-14(4)8-7-13-11(3)12-5-6-12/h10-13H,5-9H2,1-4H3. The molecule has 0 aliphatic heterocycles. The monoisotopic (exact) mass is 198 g/mol. The van der Waals surface area contributed by atoms with Crippen LogP contribution < -0.4 is 5.32 Å². The van der Waals surface area contributed by atoms with Gasteiger partial charge in [0.1, 0.15) is 0 Å². The molecule has 2 nitrogen and oxygen atoms in total. The van der Waals surface area contributed by atoms with Crippen LogP contribution in [0.1, 0.15) is 33.6 Å². The Hall–Kier alpha value is -0.0800. The Morgan fingerprint density at radius 1 is 1.29 bits per heavy atom. The lowest BCUT2D eigenvalue weighted by molar-refractivity contribution is 0.288. The van der Waals surface area contributed by atoms with E-state index in [1.165, 1.54) is 25.9 Å². The van der Waals surface area contributed by atoms with E-state index in [0.29, 0.717) is 0 Å². The smallest absolute Gasteiger partial charge is 0.0104 e. The van der Waals surface area contributed by atoms with Crippen molar-refractivity contribution in [3.8, 4) is 0 Å². The molecular weight excluding hydrogens is 172 g/mol. The summed E-state index contributed by atoms with van der Waals surface area (Å²) in [6.45, 7) is 10.4. The lowest BCUT2D eigenvalue weighted by Gasteiger charge is -2.20. The molecule has 0 bridgehead atoms. The maximum atomic E-state index is 3.61. The van der Waals surface area contributed by atoms with Gasteiger partial charge in [0.25, 0.3) is 0 Å². The fourth-order valence-electron chi connectivity index (χ4n) is 1.96. The van der Waals surface area contributed by atoms with Crippen molar-refractivity contribution in [3.63, 3.8) is 0 Å². The number of likely N-dealkylation sites (N-methyl/N-ethyl adjacent to an activating group) is 1. The summed E-state index contributed by atoms with van der Waals surface area (Å²) < 4.78 is 0. The zero-order valence-corrected chi connectivity index (χ0v) is 10.2. The van der Waals surface area contributed by atoms with Gasteiger partial charge >= 0.3 is 0 Å². The molecule has 0 heterocycles. The zero-order chi connectivity index (χ0) is 10.6. The minimum atomic E-state index is 0.738. The molecule has 1 unspecified atom stereocenters. The lowest BCUT2D eigenvalue weighted by atomic mass is 10.2. The van der Waals surface area contributed by atoms with E-state index in [0.717, 1.165) is 24.4 Å². The first-order valence-electron chi connectivity index (χ1n) is 6.01. The first-order valence-corrected chi connectivity index (χ1v) is 6.01. The summed E-state index contributed by atoms with van der Waals surface area (Å²) in [7, 11) is 2.21. The molecule has 0 amide bonds. The van der Waals surface area contributed by atoms with Gasteiger partial charge in [-0.2, -0.15) is 0 Å². The highest BCUT2D eigenvalue weighted by molar-refractivity contribution is 4.83. The van der Waals surface area contributed by atoms with Gasteiger partial charge in [-0.05, 0) is 38.6 Å². The van der Waals surface area contributed by atoms with Crippen LogP contribution in [0.3, 0.4) is 0 Å². The molecule has 0 spiro atoms. The average molecular weight is 198 g/mol. The van der Waals surface area contributed by atoms with Gasteiger partial charge in [-0.3, -0.25) is 0 Å². The van der Waals surface area contributed by atoms with Crippen LogP contribution in [-0.2, 0) is 0 Å². The van der Waals surface area contributed by atoms with E-state index in [-0.39, 0.29) is 0 Å². The van der Waals surface area contributed by atoms with Crippen molar-refractivity contribution in [2.24, 2.45) is 11.8 Å². The molecule has 0 radical (unpaired) electrons. The van der Waals surface area contributed by atoms with E-state index in [4.69, 9.17) is 0 Å². The quantitative estimate of drug-likeness (QED) is 0.673. The summed E-state index contributed by atoms with van der Waals surface area (Å²) in [6.07, 6.45) is 2.88. The second-order valence-corrected chi connectivity index (χ2v) is 5.24. The topological polar surface area (TPSA) is 15.3 Å². The summed E-state index contributed by atoms with van der Waals surface area (Å²) >= 11 is 0. The van der Waals surface area contributed by atoms with Crippen molar-refractivity contribution in [1.82, 2.24) is 10.2 Å². The molecule has 1 fully saturated rings. The Kier molecular flexibility index (Phi) is 4.90. The van der Waals surface area contributed by atoms with Crippen LogP contribution in [0.5, 0.6) is 0 Å². The molecule has 0 aromatic carbocycles. The van der Waals surface area contributed by atoms with Crippen molar-refractivity contribution in [2.45, 2.75) is 39.7 Å². The second-order valence-electron chi connectivity index (χ2n) is 5.24. The fraction of sp³-hybridized carbons (Fsp3) is 1.00. The molecule has 1 rings (SSSR count). The van der Waals surface area contributed by atoms with Gasteiger partial charge < -0.3 is 10.2 Å². The largest absolute Gasteiger partial charge is 0.313 e. The van der Waals surface area contributed by atoms with Crippen LogP contribution >= 0.6 is 0 Å². The predicted octanol–water partition coefficient (Wildman–Crippen LogP) is 1.96. The van der Waals surface area contributed by atoms with Gasteiger partial charge in [0.05, 0.1) is 0 Å². The van der Waals surface area contributed by atoms with Crippen molar-refractivity contribution in [3.05, 3.63) is 0 Å². The number of rotatable bonds is 7. The van der Waals surface area contributed by atoms with Crippen molar-refractivity contribution >= 4 is 0 Å². The fourth-order valence-corrected chi connectivity index (χ4v) is 1.96. The van der Waals surface area contributed by atoms with Gasteiger partial charge in [0.15, 0.2) is 0 Å². The Morgan fingerprint density at radius 2 is 1.93 bits per heavy atom. The molecule has 0 saturated heterocycles. The van der Waals surface area contributed by atoms with E-state index in [1.54, 1.807) is 0 Å². The van der Waals surface area contributed by atoms with Crippen LogP contribution in [-0.4, -0.2) is 37.6 Å². The molecule has 0 aromatic heterocycles. The van der Waals surface area contributed by atoms with E-state index in [1.807, 2.05) is 0 Å². The molecule has 0 aromatic rings. The van der Waals surface area contributed by atoms with Gasteiger partial charge in [-0.15, -0.1) is 0 Å². The van der Waals surface area contributed by atoms with E-state index >= 15 is 0 Å². The summed E-state index contributed by atoms with van der Waals surface area (Å²) in [5.74, 6) is 1.76. The predicted molar refractivity (Wildman–Crippen MR) is 62.5 cm³/mol. The van der Waals surface area contributed by atoms with Crippen LogP contribution in [0, 0.1) is 11.8 Å². The Labute approximate surface area is 89.1 Å². The first kappa shape index (κ1) is 12.0. The van der Waals surface area contributed by atoms with E-state index in [2.05, 4.69) is 38.0 Å². The van der Waals surface area contributed by atoms with Crippen molar-refractivity contribution in [1.29, 1.82) is 0 Å². The highest BCUT2D eigenvalue weighted by atomic mass is 15.1. The van der Waals surface area contributed by atoms with Gasteiger partial charge in [-0.1, -0.05) is 13.8 Å². The van der Waals surface area contributed by atoms with Crippen LogP contribution in [0.2, 0.25) is 0 Å². The number of nitrogens with zero attached hydrogens (tertiary/aromatic N) is 1. The summed E-state index contributed by atoms with van der Waals surface area (Å²) in [5.41, 5.74) is 0. The molecule has 1 N–H and O–H groups in total. The van der Waals surface area contributed by atoms with Gasteiger partial charge in [0, 0.05) is 25.7 Å². The molecule has 1 atom stereocenters. The molecule has 84 valence electrons. The SMILES string of the molecule is CC(C)CN(C)CCNC(C)C1CC1. The molecule has 1 aliphatic carbocycles. The van der Waals surface area contributed by atoms with Gasteiger partial charge in [-0.25, -0.2) is 0 Å².